The lowest BCUT2D eigenvalue weighted by Crippen LogP contribution is -2.10. The zero-order valence-corrected chi connectivity index (χ0v) is 7.15. The molecule has 0 aromatic heterocycles. The Hall–Kier alpha value is -0.240. The smallest absolute Gasteiger partial charge is 0.307 e. The van der Waals surface area contributed by atoms with Crippen LogP contribution in [0.2, 0.25) is 0 Å². The van der Waals surface area contributed by atoms with Gasteiger partial charge in [0.2, 0.25) is 0 Å². The highest BCUT2D eigenvalue weighted by molar-refractivity contribution is 6.21. The maximum Gasteiger partial charge on any atom is 0.307 e. The summed E-state index contributed by atoms with van der Waals surface area (Å²) in [6.45, 7) is 4.16. The Labute approximate surface area is 66.5 Å². The van der Waals surface area contributed by atoms with Gasteiger partial charge in [-0.3, -0.25) is 4.79 Å². The van der Waals surface area contributed by atoms with E-state index in [9.17, 15) is 4.79 Å². The van der Waals surface area contributed by atoms with Gasteiger partial charge in [-0.05, 0) is 13.3 Å². The first-order valence-corrected chi connectivity index (χ1v) is 3.94. The largest absolute Gasteiger partial charge is 0.466 e. The number of carbonyl (C=O) groups is 1. The predicted octanol–water partition coefficient (Wildman–Crippen LogP) is 1.96. The van der Waals surface area contributed by atoms with E-state index in [0.717, 1.165) is 6.42 Å². The average molecular weight is 165 g/mol. The lowest BCUT2D eigenvalue weighted by atomic mass is 10.2. The molecule has 0 rings (SSSR count). The fourth-order valence-corrected chi connectivity index (χ4v) is 0.671. The van der Waals surface area contributed by atoms with E-state index < -0.39 is 0 Å². The van der Waals surface area contributed by atoms with E-state index >= 15 is 0 Å². The third-order valence-electron chi connectivity index (χ3n) is 1.14. The highest BCUT2D eigenvalue weighted by Crippen LogP contribution is 2.06. The molecule has 0 amide bonds. The normalized spacial score (nSPS) is 12.7. The lowest BCUT2D eigenvalue weighted by molar-refractivity contribution is -0.143. The molecule has 1 unspecified atom stereocenters. The highest BCUT2D eigenvalue weighted by atomic mass is 35.5. The van der Waals surface area contributed by atoms with Crippen LogP contribution in [0, 0.1) is 0 Å². The number of alkyl halides is 1. The van der Waals surface area contributed by atoms with Crippen molar-refractivity contribution in [2.45, 2.75) is 32.1 Å². The number of ether oxygens (including phenoxy) is 1. The summed E-state index contributed by atoms with van der Waals surface area (Å²) in [5.41, 5.74) is 0. The van der Waals surface area contributed by atoms with Crippen LogP contribution in [-0.2, 0) is 9.53 Å². The molecule has 0 aliphatic rings. The molecule has 0 saturated heterocycles. The summed E-state index contributed by atoms with van der Waals surface area (Å²) in [7, 11) is 0. The maximum atomic E-state index is 10.7. The van der Waals surface area contributed by atoms with E-state index in [1.165, 1.54) is 0 Å². The quantitative estimate of drug-likeness (QED) is 0.469. The Morgan fingerprint density at radius 1 is 1.60 bits per heavy atom. The number of rotatable bonds is 4. The first kappa shape index (κ1) is 9.76. The third-order valence-corrected chi connectivity index (χ3v) is 1.60. The van der Waals surface area contributed by atoms with Gasteiger partial charge in [0.25, 0.3) is 0 Å². The molecule has 3 heteroatoms. The van der Waals surface area contributed by atoms with Crippen molar-refractivity contribution >= 4 is 17.6 Å². The number of hydrogen-bond donors (Lipinski definition) is 0. The van der Waals surface area contributed by atoms with Crippen LogP contribution in [0.4, 0.5) is 0 Å². The summed E-state index contributed by atoms with van der Waals surface area (Å²) in [4.78, 5) is 10.7. The molecular weight excluding hydrogens is 152 g/mol. The van der Waals surface area contributed by atoms with Gasteiger partial charge < -0.3 is 4.74 Å². The molecule has 0 fully saturated rings. The second-order valence-electron chi connectivity index (χ2n) is 2.01. The molecule has 0 aromatic carbocycles. The summed E-state index contributed by atoms with van der Waals surface area (Å²) in [5, 5.41) is -0.0703. The standard InChI is InChI=1S/C7H13ClO2/c1-3-6(8)5-7(9)10-4-2/h6H,3-5H2,1-2H3. The van der Waals surface area contributed by atoms with Crippen LogP contribution in [0.15, 0.2) is 0 Å². The number of carbonyl (C=O) groups excluding carboxylic acids is 1. The van der Waals surface area contributed by atoms with Crippen molar-refractivity contribution in [1.82, 2.24) is 0 Å². The van der Waals surface area contributed by atoms with Gasteiger partial charge in [0.1, 0.15) is 0 Å². The molecule has 0 spiro atoms. The second-order valence-corrected chi connectivity index (χ2v) is 2.63. The van der Waals surface area contributed by atoms with Crippen LogP contribution in [0.25, 0.3) is 0 Å². The molecule has 0 aliphatic heterocycles. The molecule has 2 nitrogen and oxygen atoms in total. The van der Waals surface area contributed by atoms with Crippen LogP contribution in [0.3, 0.4) is 0 Å². The molecule has 0 N–H and O–H groups in total. The molecule has 10 heavy (non-hydrogen) atoms. The van der Waals surface area contributed by atoms with E-state index in [-0.39, 0.29) is 11.3 Å². The fourth-order valence-electron chi connectivity index (χ4n) is 0.545. The van der Waals surface area contributed by atoms with E-state index in [0.29, 0.717) is 13.0 Å². The van der Waals surface area contributed by atoms with Crippen molar-refractivity contribution in [3.05, 3.63) is 0 Å². The zero-order valence-electron chi connectivity index (χ0n) is 6.39. The van der Waals surface area contributed by atoms with Crippen molar-refractivity contribution in [2.75, 3.05) is 6.61 Å². The average Bonchev–Trinajstić information content (AvgIpc) is 1.88. The van der Waals surface area contributed by atoms with Gasteiger partial charge in [0.15, 0.2) is 0 Å². The van der Waals surface area contributed by atoms with Crippen molar-refractivity contribution in [3.8, 4) is 0 Å². The Morgan fingerprint density at radius 2 is 2.20 bits per heavy atom. The van der Waals surface area contributed by atoms with Gasteiger partial charge in [0.05, 0.1) is 13.0 Å². The monoisotopic (exact) mass is 164 g/mol. The van der Waals surface area contributed by atoms with Crippen molar-refractivity contribution < 1.29 is 9.53 Å². The molecule has 0 radical (unpaired) electrons. The van der Waals surface area contributed by atoms with Gasteiger partial charge in [-0.1, -0.05) is 6.92 Å². The number of hydrogen-bond acceptors (Lipinski definition) is 2. The molecule has 0 heterocycles. The third kappa shape index (κ3) is 4.62. The number of halogens is 1. The summed E-state index contributed by atoms with van der Waals surface area (Å²) in [5.74, 6) is -0.204. The minimum Gasteiger partial charge on any atom is -0.466 e. The van der Waals surface area contributed by atoms with Crippen LogP contribution >= 0.6 is 11.6 Å². The topological polar surface area (TPSA) is 26.3 Å². The summed E-state index contributed by atoms with van der Waals surface area (Å²) in [6, 6.07) is 0. The second kappa shape index (κ2) is 5.54. The van der Waals surface area contributed by atoms with Crippen LogP contribution in [0.1, 0.15) is 26.7 Å². The summed E-state index contributed by atoms with van der Waals surface area (Å²) >= 11 is 5.70. The van der Waals surface area contributed by atoms with Gasteiger partial charge in [-0.2, -0.15) is 0 Å². The van der Waals surface area contributed by atoms with Crippen LogP contribution < -0.4 is 0 Å². The van der Waals surface area contributed by atoms with E-state index in [1.54, 1.807) is 6.92 Å². The van der Waals surface area contributed by atoms with Crippen molar-refractivity contribution in [1.29, 1.82) is 0 Å². The molecule has 0 bridgehead atoms. The van der Waals surface area contributed by atoms with Gasteiger partial charge >= 0.3 is 5.97 Å². The molecular formula is C7H13ClO2. The maximum absolute atomic E-state index is 10.7. The highest BCUT2D eigenvalue weighted by Gasteiger charge is 2.08. The minimum absolute atomic E-state index is 0.0703. The molecule has 0 saturated carbocycles. The lowest BCUT2D eigenvalue weighted by Gasteiger charge is -2.04. The zero-order chi connectivity index (χ0) is 7.98. The molecule has 60 valence electrons. The van der Waals surface area contributed by atoms with Crippen molar-refractivity contribution in [3.63, 3.8) is 0 Å². The first-order chi connectivity index (χ1) is 4.70. The van der Waals surface area contributed by atoms with E-state index in [2.05, 4.69) is 0 Å². The SMILES string of the molecule is CCOC(=O)CC(Cl)CC. The summed E-state index contributed by atoms with van der Waals surface area (Å²) < 4.78 is 4.69. The Bertz CT molecular complexity index is 104. The number of esters is 1. The van der Waals surface area contributed by atoms with Gasteiger partial charge in [0, 0.05) is 5.38 Å². The van der Waals surface area contributed by atoms with Gasteiger partial charge in [-0.25, -0.2) is 0 Å². The van der Waals surface area contributed by atoms with Gasteiger partial charge in [-0.15, -0.1) is 11.6 Å². The fraction of sp³-hybridized carbons (Fsp3) is 0.857. The molecule has 0 aliphatic carbocycles. The molecule has 1 atom stereocenters. The Kier molecular flexibility index (Phi) is 5.40. The minimum atomic E-state index is -0.204. The molecule has 0 aromatic rings. The van der Waals surface area contributed by atoms with Crippen LogP contribution in [0.5, 0.6) is 0 Å². The first-order valence-electron chi connectivity index (χ1n) is 3.50. The predicted molar refractivity (Wildman–Crippen MR) is 41.2 cm³/mol. The summed E-state index contributed by atoms with van der Waals surface area (Å²) in [6.07, 6.45) is 1.13. The van der Waals surface area contributed by atoms with Crippen molar-refractivity contribution in [2.24, 2.45) is 0 Å². The van der Waals surface area contributed by atoms with E-state index in [4.69, 9.17) is 16.3 Å². The Morgan fingerprint density at radius 3 is 2.60 bits per heavy atom. The van der Waals surface area contributed by atoms with Crippen LogP contribution in [-0.4, -0.2) is 18.0 Å². The van der Waals surface area contributed by atoms with E-state index in [1.807, 2.05) is 6.92 Å². The Balaban J connectivity index is 3.37.